The Labute approximate surface area is 425 Å². The number of carbonyl (C=O) groups is 1. The molecule has 8 rings (SSSR count). The molecule has 0 radical (unpaired) electrons. The van der Waals surface area contributed by atoms with Crippen LogP contribution in [0.25, 0.3) is 0 Å². The highest BCUT2D eigenvalue weighted by atomic mass is 28.3. The van der Waals surface area contributed by atoms with E-state index in [-0.39, 0.29) is 39.6 Å². The molecule has 0 amide bonds. The van der Waals surface area contributed by atoms with E-state index in [1.54, 1.807) is 24.3 Å². The van der Waals surface area contributed by atoms with Crippen LogP contribution in [0.4, 0.5) is 0 Å². The number of esters is 1. The second-order valence-electron chi connectivity index (χ2n) is 19.4. The van der Waals surface area contributed by atoms with Gasteiger partial charge < -0.3 is 52.5 Å². The number of carbonyl (C=O) groups excluding carboxylic acids is 1. The second-order valence-corrected chi connectivity index (χ2v) is 25.0. The predicted molar refractivity (Wildman–Crippen MR) is 275 cm³/mol. The van der Waals surface area contributed by atoms with E-state index in [0.29, 0.717) is 18.8 Å². The van der Waals surface area contributed by atoms with Gasteiger partial charge in [0, 0.05) is 14.7 Å². The van der Waals surface area contributed by atoms with Crippen LogP contribution in [0.5, 0.6) is 0 Å². The van der Waals surface area contributed by atoms with Crippen molar-refractivity contribution in [3.63, 3.8) is 0 Å². The van der Waals surface area contributed by atoms with Gasteiger partial charge in [0.1, 0.15) is 42.7 Å². The van der Waals surface area contributed by atoms with E-state index in [1.807, 2.05) is 158 Å². The molecule has 2 aliphatic heterocycles. The molecule has 0 unspecified atom stereocenters. The number of rotatable bonds is 25. The molecule has 10 atom stereocenters. The standard InChI is InChI=1S/C59H68O12Si/c1-72(2,3)35-34-64-58-56(67-40-47-30-18-8-19-31-47)54(65-38-45-26-14-6-15-27-45)52(50(69-58)42-63-37-44-24-12-5-13-25-44)71-59-55(66-39-46-28-16-7-17-29-46)53(70-57(61)48-32-20-9-21-33-48)51(60)49(68-59)41-62-36-43-22-10-4-11-23-43/h4-33,49-56,58-60H,34-42H2,1-3H3/t49-,50-,51+,52-,53+,54+,55-,56-,58-,59+/m1/s1. The summed E-state index contributed by atoms with van der Waals surface area (Å²) in [4.78, 5) is 14.1. The molecule has 0 bridgehead atoms. The van der Waals surface area contributed by atoms with Gasteiger partial charge in [-0.2, -0.15) is 0 Å². The van der Waals surface area contributed by atoms with Crippen LogP contribution in [-0.2, 0) is 80.4 Å². The van der Waals surface area contributed by atoms with E-state index in [2.05, 4.69) is 19.6 Å². The number of aliphatic hydroxyl groups excluding tert-OH is 1. The predicted octanol–water partition coefficient (Wildman–Crippen LogP) is 9.95. The molecule has 0 aromatic heterocycles. The van der Waals surface area contributed by atoms with Crippen LogP contribution in [0.1, 0.15) is 38.2 Å². The fraction of sp³-hybridized carbons (Fsp3) is 0.373. The van der Waals surface area contributed by atoms with Gasteiger partial charge in [0.05, 0.1) is 51.8 Å². The zero-order valence-corrected chi connectivity index (χ0v) is 42.4. The number of hydrogen-bond donors (Lipinski definition) is 1. The number of aliphatic hydroxyl groups is 1. The van der Waals surface area contributed by atoms with Crippen molar-refractivity contribution in [2.75, 3.05) is 19.8 Å². The molecule has 0 saturated carbocycles. The maximum atomic E-state index is 14.1. The summed E-state index contributed by atoms with van der Waals surface area (Å²) < 4.78 is 67.7. The van der Waals surface area contributed by atoms with Gasteiger partial charge in [-0.05, 0) is 46.0 Å². The van der Waals surface area contributed by atoms with Crippen molar-refractivity contribution in [1.82, 2.24) is 0 Å². The van der Waals surface area contributed by atoms with Gasteiger partial charge in [0.15, 0.2) is 18.7 Å². The van der Waals surface area contributed by atoms with Crippen molar-refractivity contribution in [2.24, 2.45) is 0 Å². The average Bonchev–Trinajstić information content (AvgIpc) is 3.40. The maximum Gasteiger partial charge on any atom is 0.338 e. The topological polar surface area (TPSA) is 130 Å². The zero-order valence-electron chi connectivity index (χ0n) is 41.4. The highest BCUT2D eigenvalue weighted by molar-refractivity contribution is 6.76. The molecule has 1 N–H and O–H groups in total. The van der Waals surface area contributed by atoms with Gasteiger partial charge >= 0.3 is 5.97 Å². The highest BCUT2D eigenvalue weighted by Crippen LogP contribution is 2.36. The fourth-order valence-electron chi connectivity index (χ4n) is 8.56. The Kier molecular flexibility index (Phi) is 19.9. The summed E-state index contributed by atoms with van der Waals surface area (Å²) in [7, 11) is -1.55. The molecule has 6 aromatic rings. The van der Waals surface area contributed by atoms with Crippen molar-refractivity contribution in [2.45, 2.75) is 120 Å². The van der Waals surface area contributed by atoms with E-state index in [4.69, 9.17) is 47.4 Å². The maximum absolute atomic E-state index is 14.1. The third-order valence-electron chi connectivity index (χ3n) is 12.5. The van der Waals surface area contributed by atoms with Crippen molar-refractivity contribution < 1.29 is 57.3 Å². The number of benzene rings is 6. The lowest BCUT2D eigenvalue weighted by Crippen LogP contribution is -2.66. The lowest BCUT2D eigenvalue weighted by atomic mass is 9.96. The Morgan fingerprint density at radius 3 is 1.31 bits per heavy atom. The SMILES string of the molecule is C[Si](C)(C)CCO[C@@H]1O[C@H](COCc2ccccc2)[C@@H](O[C@@H]2O[C@H](COCc3ccccc3)[C@H](O)[C@H](OC(=O)c3ccccc3)[C@H]2OCc2ccccc2)[C@H](OCc2ccccc2)[C@H]1OCc1ccccc1. The van der Waals surface area contributed by atoms with Gasteiger partial charge in [-0.25, -0.2) is 4.79 Å². The van der Waals surface area contributed by atoms with Gasteiger partial charge in [-0.1, -0.05) is 189 Å². The van der Waals surface area contributed by atoms with Gasteiger partial charge in [-0.15, -0.1) is 0 Å². The molecule has 0 spiro atoms. The highest BCUT2D eigenvalue weighted by Gasteiger charge is 2.55. The molecule has 72 heavy (non-hydrogen) atoms. The number of ether oxygens (including phenoxy) is 10. The van der Waals surface area contributed by atoms with E-state index in [1.165, 1.54) is 0 Å². The molecule has 2 fully saturated rings. The van der Waals surface area contributed by atoms with Crippen LogP contribution in [0.2, 0.25) is 25.7 Å². The van der Waals surface area contributed by atoms with Crippen molar-refractivity contribution in [1.29, 1.82) is 0 Å². The molecular formula is C59H68O12Si. The first-order valence-corrected chi connectivity index (χ1v) is 28.6. The zero-order chi connectivity index (χ0) is 50.0. The monoisotopic (exact) mass is 996 g/mol. The Morgan fingerprint density at radius 2 is 0.847 bits per heavy atom. The van der Waals surface area contributed by atoms with E-state index in [9.17, 15) is 9.90 Å². The third kappa shape index (κ3) is 15.8. The first-order chi connectivity index (χ1) is 35.2. The van der Waals surface area contributed by atoms with Gasteiger partial charge in [0.2, 0.25) is 0 Å². The summed E-state index contributed by atoms with van der Waals surface area (Å²) in [5.41, 5.74) is 4.95. The molecule has 6 aromatic carbocycles. The van der Waals surface area contributed by atoms with Crippen molar-refractivity contribution >= 4 is 14.0 Å². The van der Waals surface area contributed by atoms with Crippen LogP contribution in [0.15, 0.2) is 182 Å². The minimum absolute atomic E-state index is 0.0605. The smallest absolute Gasteiger partial charge is 0.338 e. The summed E-state index contributed by atoms with van der Waals surface area (Å²) in [6.45, 7) is 8.38. The Bertz CT molecular complexity index is 2450. The molecule has 2 saturated heterocycles. The Hall–Kier alpha value is -5.39. The molecule has 13 heteroatoms. The van der Waals surface area contributed by atoms with E-state index in [0.717, 1.165) is 33.9 Å². The van der Waals surface area contributed by atoms with Crippen molar-refractivity contribution in [3.8, 4) is 0 Å². The van der Waals surface area contributed by atoms with Crippen LogP contribution >= 0.6 is 0 Å². The van der Waals surface area contributed by atoms with Crippen LogP contribution in [0, 0.1) is 0 Å². The Balaban J connectivity index is 1.19. The lowest BCUT2D eigenvalue weighted by molar-refractivity contribution is -0.372. The number of hydrogen-bond acceptors (Lipinski definition) is 12. The molecule has 380 valence electrons. The molecule has 12 nitrogen and oxygen atoms in total. The lowest BCUT2D eigenvalue weighted by Gasteiger charge is -2.49. The van der Waals surface area contributed by atoms with Crippen LogP contribution < -0.4 is 0 Å². The van der Waals surface area contributed by atoms with Crippen molar-refractivity contribution in [3.05, 3.63) is 215 Å². The fourth-order valence-corrected chi connectivity index (χ4v) is 9.29. The second kappa shape index (κ2) is 27.1. The summed E-state index contributed by atoms with van der Waals surface area (Å²) >= 11 is 0. The minimum atomic E-state index is -1.55. The first-order valence-electron chi connectivity index (χ1n) is 24.9. The normalized spacial score (nSPS) is 24.4. The largest absolute Gasteiger partial charge is 0.453 e. The third-order valence-corrected chi connectivity index (χ3v) is 14.2. The molecule has 2 aliphatic rings. The van der Waals surface area contributed by atoms with Gasteiger partial charge in [-0.3, -0.25) is 0 Å². The first kappa shape index (κ1) is 52.9. The molecule has 2 heterocycles. The Morgan fingerprint density at radius 1 is 0.458 bits per heavy atom. The summed E-state index contributed by atoms with van der Waals surface area (Å²) in [6.07, 6.45) is -10.6. The van der Waals surface area contributed by atoms with Gasteiger partial charge in [0.25, 0.3) is 0 Å². The summed E-state index contributed by atoms with van der Waals surface area (Å²) in [6, 6.07) is 58.6. The minimum Gasteiger partial charge on any atom is -0.453 e. The average molecular weight is 997 g/mol. The van der Waals surface area contributed by atoms with Crippen LogP contribution in [0.3, 0.4) is 0 Å². The van der Waals surface area contributed by atoms with Crippen LogP contribution in [-0.4, -0.2) is 100 Å². The molecular weight excluding hydrogens is 929 g/mol. The van der Waals surface area contributed by atoms with E-state index >= 15 is 0 Å². The van der Waals surface area contributed by atoms with E-state index < -0.39 is 75.5 Å². The quantitative estimate of drug-likeness (QED) is 0.0433. The summed E-state index contributed by atoms with van der Waals surface area (Å²) in [5, 5.41) is 12.3. The summed E-state index contributed by atoms with van der Waals surface area (Å²) in [5.74, 6) is -0.650. The molecule has 0 aliphatic carbocycles.